The number of benzene rings is 3. The van der Waals surface area contributed by atoms with Crippen LogP contribution < -0.4 is 15.8 Å². The Morgan fingerprint density at radius 2 is 1.59 bits per heavy atom. The molecule has 1 atom stereocenters. The fourth-order valence-electron chi connectivity index (χ4n) is 4.06. The number of carbonyl (C=O) groups is 2. The van der Waals surface area contributed by atoms with E-state index in [4.69, 9.17) is 0 Å². The molecular formula is C25H20N4O3. The normalized spacial score (nSPS) is 15.8. The average molecular weight is 424 g/mol. The van der Waals surface area contributed by atoms with Gasteiger partial charge in [0.05, 0.1) is 11.1 Å². The highest BCUT2D eigenvalue weighted by atomic mass is 16.2. The summed E-state index contributed by atoms with van der Waals surface area (Å²) in [6.45, 7) is 0.477. The summed E-state index contributed by atoms with van der Waals surface area (Å²) in [7, 11) is 0. The molecule has 1 aliphatic rings. The number of fused-ring (bicyclic) bond motifs is 1. The molecule has 4 aromatic rings. The monoisotopic (exact) mass is 424 g/mol. The minimum atomic E-state index is -0.709. The molecule has 0 radical (unpaired) electrons. The first-order valence-corrected chi connectivity index (χ1v) is 10.4. The Bertz CT molecular complexity index is 1360. The quantitative estimate of drug-likeness (QED) is 0.490. The van der Waals surface area contributed by atoms with Crippen LogP contribution in [0, 0.1) is 5.92 Å². The summed E-state index contributed by atoms with van der Waals surface area (Å²) in [5.41, 5.74) is 2.66. The first-order chi connectivity index (χ1) is 15.6. The smallest absolute Gasteiger partial charge is 0.272 e. The summed E-state index contributed by atoms with van der Waals surface area (Å²) in [6, 6.07) is 23.8. The van der Waals surface area contributed by atoms with Gasteiger partial charge in [0.15, 0.2) is 0 Å². The zero-order valence-electron chi connectivity index (χ0n) is 17.1. The third-order valence-electron chi connectivity index (χ3n) is 5.71. The number of nitrogens with zero attached hydrogens (tertiary/aromatic N) is 2. The minimum Gasteiger partial charge on any atom is -0.325 e. The number of para-hydroxylation sites is 1. The number of nitrogens with one attached hydrogen (secondary N) is 2. The van der Waals surface area contributed by atoms with Gasteiger partial charge in [-0.05, 0) is 36.8 Å². The summed E-state index contributed by atoms with van der Waals surface area (Å²) >= 11 is 0. The van der Waals surface area contributed by atoms with Crippen molar-refractivity contribution in [1.82, 2.24) is 10.2 Å². The Balaban J connectivity index is 1.36. The molecule has 5 rings (SSSR count). The van der Waals surface area contributed by atoms with Crippen molar-refractivity contribution in [3.05, 3.63) is 89.2 Å². The number of H-pyrrole nitrogens is 1. The lowest BCUT2D eigenvalue weighted by atomic mass is 10.0. The molecule has 0 saturated carbocycles. The van der Waals surface area contributed by atoms with Crippen LogP contribution in [0.4, 0.5) is 11.4 Å². The molecule has 3 aromatic carbocycles. The van der Waals surface area contributed by atoms with Crippen molar-refractivity contribution in [3.63, 3.8) is 0 Å². The van der Waals surface area contributed by atoms with Gasteiger partial charge in [-0.3, -0.25) is 14.4 Å². The second kappa shape index (κ2) is 8.11. The van der Waals surface area contributed by atoms with Crippen molar-refractivity contribution < 1.29 is 9.59 Å². The van der Waals surface area contributed by atoms with E-state index in [0.29, 0.717) is 29.7 Å². The first-order valence-electron chi connectivity index (χ1n) is 10.4. The molecular weight excluding hydrogens is 404 g/mol. The highest BCUT2D eigenvalue weighted by Gasteiger charge is 2.37. The van der Waals surface area contributed by atoms with Crippen molar-refractivity contribution >= 4 is 34.0 Å². The summed E-state index contributed by atoms with van der Waals surface area (Å²) in [4.78, 5) is 39.2. The lowest BCUT2D eigenvalue weighted by Crippen LogP contribution is -2.33. The topological polar surface area (TPSA) is 95.2 Å². The molecule has 2 amide bonds. The van der Waals surface area contributed by atoms with Gasteiger partial charge in [-0.1, -0.05) is 48.5 Å². The maximum absolute atomic E-state index is 12.9. The predicted octanol–water partition coefficient (Wildman–Crippen LogP) is 3.58. The van der Waals surface area contributed by atoms with Crippen LogP contribution in [0.5, 0.6) is 0 Å². The van der Waals surface area contributed by atoms with Crippen molar-refractivity contribution in [3.8, 4) is 11.3 Å². The molecule has 2 heterocycles. The maximum Gasteiger partial charge on any atom is 0.272 e. The highest BCUT2D eigenvalue weighted by molar-refractivity contribution is 6.13. The Kier molecular flexibility index (Phi) is 4.99. The summed E-state index contributed by atoms with van der Waals surface area (Å²) in [5, 5.41) is 10.9. The van der Waals surface area contributed by atoms with E-state index in [-0.39, 0.29) is 17.4 Å². The second-order valence-electron chi connectivity index (χ2n) is 7.68. The zero-order valence-corrected chi connectivity index (χ0v) is 17.1. The zero-order chi connectivity index (χ0) is 22.1. The molecule has 158 valence electrons. The van der Waals surface area contributed by atoms with Crippen LogP contribution in [0.1, 0.15) is 6.42 Å². The van der Waals surface area contributed by atoms with E-state index in [1.165, 1.54) is 0 Å². The van der Waals surface area contributed by atoms with Gasteiger partial charge in [0.25, 0.3) is 5.56 Å². The molecule has 1 aromatic heterocycles. The van der Waals surface area contributed by atoms with Gasteiger partial charge in [0.2, 0.25) is 11.8 Å². The molecule has 32 heavy (non-hydrogen) atoms. The third kappa shape index (κ3) is 3.54. The molecule has 0 aliphatic carbocycles. The van der Waals surface area contributed by atoms with Crippen LogP contribution in [-0.4, -0.2) is 28.6 Å². The Hall–Kier alpha value is -4.26. The van der Waals surface area contributed by atoms with Gasteiger partial charge in [0.1, 0.15) is 5.92 Å². The van der Waals surface area contributed by atoms with Gasteiger partial charge < -0.3 is 10.2 Å². The number of aromatic amines is 1. The van der Waals surface area contributed by atoms with Gasteiger partial charge in [-0.25, -0.2) is 5.10 Å². The Labute approximate surface area is 183 Å². The summed E-state index contributed by atoms with van der Waals surface area (Å²) < 4.78 is 0. The molecule has 1 aliphatic heterocycles. The van der Waals surface area contributed by atoms with Crippen LogP contribution >= 0.6 is 0 Å². The lowest BCUT2D eigenvalue weighted by molar-refractivity contribution is -0.129. The molecule has 0 bridgehead atoms. The van der Waals surface area contributed by atoms with E-state index in [9.17, 15) is 14.4 Å². The summed E-state index contributed by atoms with van der Waals surface area (Å²) in [5.74, 6) is -1.21. The van der Waals surface area contributed by atoms with Crippen LogP contribution in [0.2, 0.25) is 0 Å². The van der Waals surface area contributed by atoms with Crippen molar-refractivity contribution in [2.24, 2.45) is 5.92 Å². The second-order valence-corrected chi connectivity index (χ2v) is 7.68. The van der Waals surface area contributed by atoms with Crippen LogP contribution in [0.15, 0.2) is 83.7 Å². The number of amides is 2. The molecule has 7 nitrogen and oxygen atoms in total. The van der Waals surface area contributed by atoms with Gasteiger partial charge >= 0.3 is 0 Å². The largest absolute Gasteiger partial charge is 0.325 e. The third-order valence-corrected chi connectivity index (χ3v) is 5.71. The van der Waals surface area contributed by atoms with Gasteiger partial charge in [-0.15, -0.1) is 0 Å². The van der Waals surface area contributed by atoms with Gasteiger partial charge in [0, 0.05) is 28.9 Å². The Morgan fingerprint density at radius 1 is 0.906 bits per heavy atom. The van der Waals surface area contributed by atoms with Crippen molar-refractivity contribution in [2.45, 2.75) is 6.42 Å². The van der Waals surface area contributed by atoms with Crippen LogP contribution in [0.25, 0.3) is 22.0 Å². The molecule has 1 unspecified atom stereocenters. The van der Waals surface area contributed by atoms with E-state index < -0.39 is 5.92 Å². The van der Waals surface area contributed by atoms with Crippen LogP contribution in [0.3, 0.4) is 0 Å². The number of carbonyl (C=O) groups excluding carboxylic acids is 2. The molecule has 1 fully saturated rings. The maximum atomic E-state index is 12.9. The van der Waals surface area contributed by atoms with E-state index in [0.717, 1.165) is 16.6 Å². The fourth-order valence-corrected chi connectivity index (χ4v) is 4.06. The van der Waals surface area contributed by atoms with Gasteiger partial charge in [-0.2, -0.15) is 5.10 Å². The number of hydrogen-bond acceptors (Lipinski definition) is 4. The molecule has 7 heteroatoms. The number of hydrogen-bond donors (Lipinski definition) is 2. The molecule has 1 saturated heterocycles. The standard InChI is InChI=1S/C25H20N4O3/c30-23(26-17-6-2-1-3-7-17)21-14-15-29(25(21)32)18-12-10-16(11-13-18)22-19-8-4-5-9-20(19)24(31)28-27-22/h1-13,21H,14-15H2,(H,26,30)(H,28,31). The van der Waals surface area contributed by atoms with Crippen LogP contribution in [-0.2, 0) is 9.59 Å². The van der Waals surface area contributed by atoms with E-state index in [1.54, 1.807) is 23.1 Å². The molecule has 2 N–H and O–H groups in total. The lowest BCUT2D eigenvalue weighted by Gasteiger charge is -2.17. The van der Waals surface area contributed by atoms with E-state index in [2.05, 4.69) is 15.5 Å². The van der Waals surface area contributed by atoms with E-state index in [1.807, 2.05) is 60.7 Å². The number of rotatable bonds is 4. The summed E-state index contributed by atoms with van der Waals surface area (Å²) in [6.07, 6.45) is 0.464. The Morgan fingerprint density at radius 3 is 2.34 bits per heavy atom. The first kappa shape index (κ1) is 19.7. The minimum absolute atomic E-state index is 0.209. The predicted molar refractivity (Wildman–Crippen MR) is 123 cm³/mol. The van der Waals surface area contributed by atoms with E-state index >= 15 is 0 Å². The molecule has 0 spiro atoms. The number of aromatic nitrogens is 2. The fraction of sp³-hybridized carbons (Fsp3) is 0.120. The average Bonchev–Trinajstić information content (AvgIpc) is 3.22. The van der Waals surface area contributed by atoms with Crippen molar-refractivity contribution in [2.75, 3.05) is 16.8 Å². The highest BCUT2D eigenvalue weighted by Crippen LogP contribution is 2.30. The van der Waals surface area contributed by atoms with Crippen molar-refractivity contribution in [1.29, 1.82) is 0 Å². The number of anilines is 2. The SMILES string of the molecule is O=C(Nc1ccccc1)C1CCN(c2ccc(-c3n[nH]c(=O)c4ccccc34)cc2)C1=O.